The van der Waals surface area contributed by atoms with Gasteiger partial charge in [0.15, 0.2) is 11.4 Å². The molecule has 0 radical (unpaired) electrons. The summed E-state index contributed by atoms with van der Waals surface area (Å²) >= 11 is 0. The normalized spacial score (nSPS) is 16.0. The first-order chi connectivity index (χ1) is 16.8. The van der Waals surface area contributed by atoms with Crippen LogP contribution in [0.15, 0.2) is 53.5 Å². The Morgan fingerprint density at radius 1 is 1.23 bits per heavy atom. The van der Waals surface area contributed by atoms with Gasteiger partial charge in [-0.25, -0.2) is 4.98 Å². The minimum absolute atomic E-state index is 0.0437. The van der Waals surface area contributed by atoms with E-state index >= 15 is 0 Å². The highest BCUT2D eigenvalue weighted by Gasteiger charge is 2.33. The Morgan fingerprint density at radius 2 is 2.00 bits per heavy atom. The fourth-order valence-corrected chi connectivity index (χ4v) is 4.59. The number of nitrogens with zero attached hydrogens (tertiary/aromatic N) is 3. The molecule has 1 fully saturated rings. The van der Waals surface area contributed by atoms with Crippen LogP contribution in [0.4, 0.5) is 19.0 Å². The zero-order chi connectivity index (χ0) is 24.6. The first kappa shape index (κ1) is 23.2. The van der Waals surface area contributed by atoms with E-state index in [0.717, 1.165) is 43.1 Å². The molecular weight excluding hydrogens is 459 g/mol. The van der Waals surface area contributed by atoms with E-state index in [1.54, 1.807) is 31.6 Å². The predicted octanol–water partition coefficient (Wildman–Crippen LogP) is 5.23. The van der Waals surface area contributed by atoms with E-state index < -0.39 is 17.8 Å². The van der Waals surface area contributed by atoms with Gasteiger partial charge in [0.1, 0.15) is 12.4 Å². The van der Waals surface area contributed by atoms with Crippen LogP contribution in [0, 0.1) is 0 Å². The second-order valence-corrected chi connectivity index (χ2v) is 8.84. The highest BCUT2D eigenvalue weighted by atomic mass is 19.4. The van der Waals surface area contributed by atoms with Gasteiger partial charge in [0.25, 0.3) is 0 Å². The smallest absolute Gasteiger partial charge is 0.416 e. The van der Waals surface area contributed by atoms with Crippen molar-refractivity contribution in [3.8, 4) is 16.9 Å². The molecule has 7 nitrogen and oxygen atoms in total. The van der Waals surface area contributed by atoms with E-state index in [1.807, 2.05) is 10.9 Å². The van der Waals surface area contributed by atoms with Gasteiger partial charge in [0.05, 0.1) is 23.2 Å². The zero-order valence-electron chi connectivity index (χ0n) is 19.2. The maximum atomic E-state index is 13.4. The van der Waals surface area contributed by atoms with Crippen molar-refractivity contribution in [3.63, 3.8) is 0 Å². The lowest BCUT2D eigenvalue weighted by molar-refractivity contribution is -0.138. The fourth-order valence-electron chi connectivity index (χ4n) is 4.59. The van der Waals surface area contributed by atoms with Crippen molar-refractivity contribution in [3.05, 3.63) is 60.2 Å². The molecule has 0 aliphatic carbocycles. The quantitative estimate of drug-likeness (QED) is 0.389. The van der Waals surface area contributed by atoms with Crippen molar-refractivity contribution in [2.75, 3.05) is 18.8 Å². The number of rotatable bonds is 6. The van der Waals surface area contributed by atoms with Gasteiger partial charge in [0, 0.05) is 29.9 Å². The van der Waals surface area contributed by atoms with Gasteiger partial charge in [-0.2, -0.15) is 18.3 Å². The topological polar surface area (TPSA) is 91.1 Å². The number of benzene rings is 1. The van der Waals surface area contributed by atoms with Gasteiger partial charge in [-0.3, -0.25) is 4.68 Å². The number of fused-ring (bicyclic) bond motifs is 1. The standard InChI is InChI=1S/C25H26F3N5O2/c1-15(10-16-4-2-3-5-21(16)25(26,27)28)35-23-22-19(12-31-24(23)29)20(14-34-22)17-11-32-33(13-17)18-6-8-30-9-7-18/h2-5,11-15,18,30H,6-10H2,1H3,(H2,29,31). The van der Waals surface area contributed by atoms with Crippen LogP contribution in [-0.4, -0.2) is 34.0 Å². The molecule has 0 saturated carbocycles. The van der Waals surface area contributed by atoms with E-state index in [4.69, 9.17) is 14.9 Å². The van der Waals surface area contributed by atoms with Gasteiger partial charge in [0.2, 0.25) is 5.75 Å². The third-order valence-electron chi connectivity index (χ3n) is 6.35. The summed E-state index contributed by atoms with van der Waals surface area (Å²) in [6, 6.07) is 5.82. The molecule has 1 unspecified atom stereocenters. The summed E-state index contributed by atoms with van der Waals surface area (Å²) in [5, 5.41) is 8.59. The molecule has 1 atom stereocenters. The van der Waals surface area contributed by atoms with Gasteiger partial charge >= 0.3 is 6.18 Å². The highest BCUT2D eigenvalue weighted by Crippen LogP contribution is 2.39. The number of hydrogen-bond acceptors (Lipinski definition) is 6. The number of pyridine rings is 1. The summed E-state index contributed by atoms with van der Waals surface area (Å²) in [6.45, 7) is 3.62. The summed E-state index contributed by atoms with van der Waals surface area (Å²) in [5.74, 6) is 0.330. The third kappa shape index (κ3) is 4.70. The number of alkyl halides is 3. The summed E-state index contributed by atoms with van der Waals surface area (Å²) in [5.41, 5.74) is 7.63. The number of nitrogen functional groups attached to an aromatic ring is 1. The molecule has 10 heteroatoms. The molecule has 0 bridgehead atoms. The molecule has 35 heavy (non-hydrogen) atoms. The first-order valence-electron chi connectivity index (χ1n) is 11.5. The Balaban J connectivity index is 1.40. The molecule has 4 aromatic rings. The van der Waals surface area contributed by atoms with Gasteiger partial charge < -0.3 is 20.2 Å². The van der Waals surface area contributed by atoms with Crippen molar-refractivity contribution < 1.29 is 22.3 Å². The maximum Gasteiger partial charge on any atom is 0.416 e. The van der Waals surface area contributed by atoms with Crippen molar-refractivity contribution in [2.45, 2.75) is 44.5 Å². The van der Waals surface area contributed by atoms with E-state index in [1.165, 1.54) is 12.1 Å². The van der Waals surface area contributed by atoms with E-state index in [2.05, 4.69) is 15.4 Å². The predicted molar refractivity (Wildman–Crippen MR) is 126 cm³/mol. The number of nitrogens with two attached hydrogens (primary N) is 1. The monoisotopic (exact) mass is 485 g/mol. The van der Waals surface area contributed by atoms with Gasteiger partial charge in [-0.05, 0) is 44.5 Å². The molecular formula is C25H26F3N5O2. The van der Waals surface area contributed by atoms with Crippen molar-refractivity contribution in [2.24, 2.45) is 0 Å². The SMILES string of the molecule is CC(Cc1ccccc1C(F)(F)F)Oc1c(N)ncc2c(-c3cnn(C4CCNCC4)c3)coc12. The minimum atomic E-state index is -4.44. The number of ether oxygens (including phenoxy) is 1. The summed E-state index contributed by atoms with van der Waals surface area (Å²) in [4.78, 5) is 4.26. The van der Waals surface area contributed by atoms with E-state index in [0.29, 0.717) is 17.0 Å². The highest BCUT2D eigenvalue weighted by molar-refractivity contribution is 5.97. The molecule has 5 rings (SSSR count). The average molecular weight is 486 g/mol. The second kappa shape index (κ2) is 9.26. The van der Waals surface area contributed by atoms with E-state index in [9.17, 15) is 13.2 Å². The first-order valence-corrected chi connectivity index (χ1v) is 11.5. The lowest BCUT2D eigenvalue weighted by Gasteiger charge is -2.22. The Hall–Kier alpha value is -3.53. The Kier molecular flexibility index (Phi) is 6.14. The van der Waals surface area contributed by atoms with Crippen LogP contribution >= 0.6 is 0 Å². The summed E-state index contributed by atoms with van der Waals surface area (Å²) in [7, 11) is 0. The van der Waals surface area contributed by atoms with E-state index in [-0.39, 0.29) is 23.6 Å². The lowest BCUT2D eigenvalue weighted by atomic mass is 10.0. The molecule has 1 saturated heterocycles. The number of aromatic nitrogens is 3. The van der Waals surface area contributed by atoms with Crippen LogP contribution in [0.1, 0.15) is 36.9 Å². The number of anilines is 1. The maximum absolute atomic E-state index is 13.4. The molecule has 4 heterocycles. The van der Waals surface area contributed by atoms with Crippen LogP contribution in [0.5, 0.6) is 5.75 Å². The average Bonchev–Trinajstić information content (AvgIpc) is 3.48. The molecule has 3 aromatic heterocycles. The second-order valence-electron chi connectivity index (χ2n) is 8.84. The van der Waals surface area contributed by atoms with Crippen LogP contribution in [0.3, 0.4) is 0 Å². The molecule has 3 N–H and O–H groups in total. The van der Waals surface area contributed by atoms with Gasteiger partial charge in [-0.1, -0.05) is 18.2 Å². The van der Waals surface area contributed by atoms with Crippen LogP contribution in [0.2, 0.25) is 0 Å². The third-order valence-corrected chi connectivity index (χ3v) is 6.35. The van der Waals surface area contributed by atoms with Crippen LogP contribution in [0.25, 0.3) is 22.1 Å². The molecule has 0 amide bonds. The molecule has 0 spiro atoms. The Labute approximate surface area is 200 Å². The minimum Gasteiger partial charge on any atom is -0.483 e. The Bertz CT molecular complexity index is 1320. The molecule has 1 aliphatic heterocycles. The number of nitrogens with one attached hydrogen (secondary N) is 1. The van der Waals surface area contributed by atoms with Gasteiger partial charge in [-0.15, -0.1) is 0 Å². The number of piperidine rings is 1. The largest absolute Gasteiger partial charge is 0.483 e. The lowest BCUT2D eigenvalue weighted by Crippen LogP contribution is -2.29. The zero-order valence-corrected chi connectivity index (χ0v) is 19.2. The molecule has 184 valence electrons. The Morgan fingerprint density at radius 3 is 2.77 bits per heavy atom. The van der Waals surface area contributed by atoms with Crippen molar-refractivity contribution in [1.82, 2.24) is 20.1 Å². The van der Waals surface area contributed by atoms with Crippen molar-refractivity contribution in [1.29, 1.82) is 0 Å². The molecule has 1 aromatic carbocycles. The van der Waals surface area contributed by atoms with Crippen molar-refractivity contribution >= 4 is 16.8 Å². The van der Waals surface area contributed by atoms with Crippen LogP contribution < -0.4 is 15.8 Å². The molecule has 1 aliphatic rings. The fraction of sp³-hybridized carbons (Fsp3) is 0.360. The number of hydrogen-bond donors (Lipinski definition) is 2. The summed E-state index contributed by atoms with van der Waals surface area (Å²) in [6.07, 6.45) is 4.02. The number of furan rings is 1. The number of halogens is 3. The summed E-state index contributed by atoms with van der Waals surface area (Å²) < 4.78 is 54.0. The van der Waals surface area contributed by atoms with Crippen LogP contribution in [-0.2, 0) is 12.6 Å².